The average Bonchev–Trinajstić information content (AvgIpc) is 3.31. The Morgan fingerprint density at radius 3 is 2.11 bits per heavy atom. The zero-order chi connectivity index (χ0) is 31.5. The van der Waals surface area contributed by atoms with Gasteiger partial charge in [0.25, 0.3) is 0 Å². The van der Waals surface area contributed by atoms with Crippen LogP contribution in [0.25, 0.3) is 11.1 Å². The Kier molecular flexibility index (Phi) is 11.8. The van der Waals surface area contributed by atoms with Crippen LogP contribution in [0.1, 0.15) is 66.9 Å². The zero-order valence-electron chi connectivity index (χ0n) is 25.3. The molecule has 3 aromatic rings. The molecule has 44 heavy (non-hydrogen) atoms. The van der Waals surface area contributed by atoms with Gasteiger partial charge in [-0.05, 0) is 115 Å². The van der Waals surface area contributed by atoms with Gasteiger partial charge in [0.2, 0.25) is 5.12 Å². The molecule has 0 fully saturated rings. The molecule has 4 rings (SSSR count). The van der Waals surface area contributed by atoms with Gasteiger partial charge in [-0.3, -0.25) is 4.79 Å². The molecule has 0 saturated heterocycles. The normalized spacial score (nSPS) is 12.9. The highest BCUT2D eigenvalue weighted by atomic mass is 32.2. The van der Waals surface area contributed by atoms with Gasteiger partial charge < -0.3 is 18.9 Å². The van der Waals surface area contributed by atoms with Crippen molar-refractivity contribution >= 4 is 28.8 Å². The molecule has 0 spiro atoms. The van der Waals surface area contributed by atoms with E-state index in [1.54, 1.807) is 19.1 Å². The van der Waals surface area contributed by atoms with Crippen molar-refractivity contribution in [3.8, 4) is 22.6 Å². The van der Waals surface area contributed by atoms with E-state index in [0.717, 1.165) is 47.5 Å². The van der Waals surface area contributed by atoms with E-state index in [-0.39, 0.29) is 30.2 Å². The van der Waals surface area contributed by atoms with E-state index in [1.807, 2.05) is 36.4 Å². The summed E-state index contributed by atoms with van der Waals surface area (Å²) in [6.45, 7) is 12.1. The lowest BCUT2D eigenvalue weighted by molar-refractivity contribution is -0.140. The Labute approximate surface area is 263 Å². The number of esters is 2. The van der Waals surface area contributed by atoms with Crippen LogP contribution in [0, 0.1) is 0 Å². The van der Waals surface area contributed by atoms with Gasteiger partial charge in [0, 0.05) is 28.0 Å². The largest absolute Gasteiger partial charge is 0.494 e. The van der Waals surface area contributed by atoms with Crippen LogP contribution in [0.15, 0.2) is 90.4 Å². The Morgan fingerprint density at radius 2 is 1.41 bits per heavy atom. The summed E-state index contributed by atoms with van der Waals surface area (Å²) in [5.74, 6) is 0.796. The number of ether oxygens (including phenoxy) is 4. The van der Waals surface area contributed by atoms with Crippen molar-refractivity contribution in [2.75, 3.05) is 26.4 Å². The number of rotatable bonds is 16. The van der Waals surface area contributed by atoms with Crippen LogP contribution in [0.4, 0.5) is 0 Å². The summed E-state index contributed by atoms with van der Waals surface area (Å²) >= 11 is 1.17. The number of hydrogen-bond acceptors (Lipinski definition) is 8. The first-order valence-electron chi connectivity index (χ1n) is 14.7. The van der Waals surface area contributed by atoms with Gasteiger partial charge in [-0.25, -0.2) is 9.59 Å². The van der Waals surface area contributed by atoms with Crippen molar-refractivity contribution in [3.63, 3.8) is 0 Å². The third-order valence-corrected chi connectivity index (χ3v) is 8.15. The number of benzene rings is 3. The monoisotopic (exact) mass is 614 g/mol. The molecule has 3 aromatic carbocycles. The lowest BCUT2D eigenvalue weighted by atomic mass is 9.98. The second kappa shape index (κ2) is 16.0. The maximum atomic E-state index is 13.2. The van der Waals surface area contributed by atoms with Gasteiger partial charge >= 0.3 is 11.9 Å². The number of carbonyl (C=O) groups excluding carboxylic acids is 3. The standard InChI is InChI=1S/C36H38O7S/c1-5-34(37)42-19-9-7-6-8-18-40-28-13-17-31-30-16-10-26(22-32(30)25(4)33(31)23-28)36(39)44-29-14-11-27(12-15-29)41-20-21-43-35(38)24(2)3/h5,10-17,22-23,25H,1-2,6-9,18-21H2,3-4H3. The van der Waals surface area contributed by atoms with Crippen molar-refractivity contribution in [1.29, 1.82) is 0 Å². The molecule has 230 valence electrons. The minimum Gasteiger partial charge on any atom is -0.494 e. The molecule has 0 aromatic heterocycles. The quantitative estimate of drug-likeness (QED) is 0.0696. The van der Waals surface area contributed by atoms with Crippen LogP contribution in [-0.4, -0.2) is 43.5 Å². The van der Waals surface area contributed by atoms with Crippen LogP contribution in [0.2, 0.25) is 0 Å². The molecule has 0 saturated carbocycles. The summed E-state index contributed by atoms with van der Waals surface area (Å²) in [7, 11) is 0. The van der Waals surface area contributed by atoms with E-state index in [4.69, 9.17) is 18.9 Å². The Bertz CT molecular complexity index is 1510. The first-order valence-corrected chi connectivity index (χ1v) is 15.6. The van der Waals surface area contributed by atoms with Crippen molar-refractivity contribution in [3.05, 3.63) is 102 Å². The Hall–Kier alpha value is -4.30. The van der Waals surface area contributed by atoms with Crippen LogP contribution in [-0.2, 0) is 19.1 Å². The predicted molar refractivity (Wildman–Crippen MR) is 172 cm³/mol. The number of carbonyl (C=O) groups is 3. The maximum Gasteiger partial charge on any atom is 0.333 e. The molecule has 0 amide bonds. The van der Waals surface area contributed by atoms with Gasteiger partial charge in [0.15, 0.2) is 0 Å². The first kappa shape index (κ1) is 32.6. The number of thioether (sulfide) groups is 1. The maximum absolute atomic E-state index is 13.2. The molecule has 0 heterocycles. The molecule has 0 N–H and O–H groups in total. The lowest BCUT2D eigenvalue weighted by Gasteiger charge is -2.11. The van der Waals surface area contributed by atoms with Gasteiger partial charge in [-0.1, -0.05) is 32.2 Å². The Balaban J connectivity index is 1.26. The topological polar surface area (TPSA) is 88.1 Å². The second-order valence-electron chi connectivity index (χ2n) is 10.5. The number of hydrogen-bond donors (Lipinski definition) is 0. The van der Waals surface area contributed by atoms with Crippen molar-refractivity contribution in [1.82, 2.24) is 0 Å². The fourth-order valence-electron chi connectivity index (χ4n) is 4.86. The highest BCUT2D eigenvalue weighted by Gasteiger charge is 2.27. The van der Waals surface area contributed by atoms with Gasteiger partial charge in [-0.2, -0.15) is 0 Å². The minimum atomic E-state index is -0.441. The summed E-state index contributed by atoms with van der Waals surface area (Å²) in [6.07, 6.45) is 4.91. The summed E-state index contributed by atoms with van der Waals surface area (Å²) in [5.41, 5.74) is 5.66. The minimum absolute atomic E-state index is 0.0285. The van der Waals surface area contributed by atoms with Crippen molar-refractivity contribution < 1.29 is 33.3 Å². The summed E-state index contributed by atoms with van der Waals surface area (Å²) in [6, 6.07) is 19.4. The molecule has 1 unspecified atom stereocenters. The van der Waals surface area contributed by atoms with E-state index >= 15 is 0 Å². The highest BCUT2D eigenvalue weighted by molar-refractivity contribution is 8.14. The highest BCUT2D eigenvalue weighted by Crippen LogP contribution is 2.46. The summed E-state index contributed by atoms with van der Waals surface area (Å²) in [5, 5.41) is -0.0285. The van der Waals surface area contributed by atoms with Crippen LogP contribution >= 0.6 is 11.8 Å². The smallest absolute Gasteiger partial charge is 0.333 e. The lowest BCUT2D eigenvalue weighted by Crippen LogP contribution is -2.12. The summed E-state index contributed by atoms with van der Waals surface area (Å²) in [4.78, 5) is 36.5. The van der Waals surface area contributed by atoms with Crippen molar-refractivity contribution in [2.24, 2.45) is 0 Å². The first-order chi connectivity index (χ1) is 21.3. The predicted octanol–water partition coefficient (Wildman–Crippen LogP) is 7.92. The number of fused-ring (bicyclic) bond motifs is 3. The molecule has 0 bridgehead atoms. The van der Waals surface area contributed by atoms with Crippen LogP contribution < -0.4 is 9.47 Å². The molecular formula is C36H38O7S. The second-order valence-corrected chi connectivity index (χ2v) is 11.6. The van der Waals surface area contributed by atoms with E-state index in [9.17, 15) is 14.4 Å². The Morgan fingerprint density at radius 1 is 0.773 bits per heavy atom. The van der Waals surface area contributed by atoms with Crippen LogP contribution in [0.5, 0.6) is 11.5 Å². The molecule has 1 aliphatic carbocycles. The molecule has 0 aliphatic heterocycles. The third kappa shape index (κ3) is 8.86. The fourth-order valence-corrected chi connectivity index (χ4v) is 5.59. The van der Waals surface area contributed by atoms with Gasteiger partial charge in [0.05, 0.1) is 13.2 Å². The number of unbranched alkanes of at least 4 members (excludes halogenated alkanes) is 3. The van der Waals surface area contributed by atoms with Gasteiger partial charge in [0.1, 0.15) is 24.7 Å². The van der Waals surface area contributed by atoms with E-state index in [0.29, 0.717) is 30.1 Å². The molecule has 0 radical (unpaired) electrons. The van der Waals surface area contributed by atoms with Crippen LogP contribution in [0.3, 0.4) is 0 Å². The average molecular weight is 615 g/mol. The van der Waals surface area contributed by atoms with E-state index in [1.165, 1.54) is 29.0 Å². The third-order valence-electron chi connectivity index (χ3n) is 7.22. The molecule has 1 atom stereocenters. The summed E-state index contributed by atoms with van der Waals surface area (Å²) < 4.78 is 21.7. The fraction of sp³-hybridized carbons (Fsp3) is 0.306. The molecule has 7 nitrogen and oxygen atoms in total. The van der Waals surface area contributed by atoms with Gasteiger partial charge in [-0.15, -0.1) is 0 Å². The van der Waals surface area contributed by atoms with E-state index < -0.39 is 5.97 Å². The SMILES string of the molecule is C=CC(=O)OCCCCCCOc1ccc2c(c1)C(C)c1cc(C(=O)Sc3ccc(OCCOC(=O)C(=C)C)cc3)ccc1-2. The molecule has 1 aliphatic rings. The van der Waals surface area contributed by atoms with E-state index in [2.05, 4.69) is 32.2 Å². The molecule has 8 heteroatoms. The molecular weight excluding hydrogens is 576 g/mol. The zero-order valence-corrected chi connectivity index (χ0v) is 26.1. The van der Waals surface area contributed by atoms with Crippen molar-refractivity contribution in [2.45, 2.75) is 50.3 Å².